The maximum Gasteiger partial charge on any atom is 0.137 e. The number of hydrogen-bond acceptors (Lipinski definition) is 2. The van der Waals surface area contributed by atoms with Crippen molar-refractivity contribution < 1.29 is 19.6 Å². The number of aliphatic hydroxyl groups excluding tert-OH is 1. The Labute approximate surface area is 173 Å². The summed E-state index contributed by atoms with van der Waals surface area (Å²) in [7, 11) is 0. The molecule has 3 N–H and O–H groups in total. The first-order chi connectivity index (χ1) is 13.4. The van der Waals surface area contributed by atoms with Gasteiger partial charge in [0.2, 0.25) is 0 Å². The summed E-state index contributed by atoms with van der Waals surface area (Å²) in [5.74, 6) is 0.914. The Bertz CT molecular complexity index is 748. The van der Waals surface area contributed by atoms with Gasteiger partial charge in [0.15, 0.2) is 0 Å². The van der Waals surface area contributed by atoms with Crippen LogP contribution in [0.1, 0.15) is 22.3 Å². The van der Waals surface area contributed by atoms with E-state index in [1.807, 2.05) is 12.1 Å². The van der Waals surface area contributed by atoms with E-state index in [-0.39, 0.29) is 0 Å². The highest BCUT2D eigenvalue weighted by molar-refractivity contribution is 6.30. The van der Waals surface area contributed by atoms with Crippen LogP contribution in [0.4, 0.5) is 0 Å². The van der Waals surface area contributed by atoms with E-state index in [4.69, 9.17) is 16.3 Å². The molecule has 0 aliphatic carbocycles. The Morgan fingerprint density at radius 1 is 0.964 bits per heavy atom. The van der Waals surface area contributed by atoms with Crippen molar-refractivity contribution >= 4 is 11.6 Å². The molecule has 1 saturated heterocycles. The van der Waals surface area contributed by atoms with Crippen molar-refractivity contribution in [3.05, 3.63) is 63.7 Å². The first kappa shape index (κ1) is 21.1. The largest absolute Gasteiger partial charge is 0.490 e. The smallest absolute Gasteiger partial charge is 0.137 e. The van der Waals surface area contributed by atoms with Crippen LogP contribution in [0.2, 0.25) is 5.02 Å². The normalized spacial score (nSPS) is 20.8. The number of hydrogen-bond donors (Lipinski definition) is 3. The van der Waals surface area contributed by atoms with Gasteiger partial charge in [-0.2, -0.15) is 0 Å². The molecule has 1 aliphatic rings. The molecule has 5 heteroatoms. The number of ether oxygens (including phenoxy) is 1. The molecular weight excluding hydrogens is 372 g/mol. The van der Waals surface area contributed by atoms with Gasteiger partial charge in [-0.15, -0.1) is 0 Å². The Hall–Kier alpha value is -1.59. The third-order valence-corrected chi connectivity index (χ3v) is 5.83. The van der Waals surface area contributed by atoms with E-state index in [9.17, 15) is 5.11 Å². The quantitative estimate of drug-likeness (QED) is 0.644. The molecule has 2 aromatic rings. The van der Waals surface area contributed by atoms with Gasteiger partial charge in [-0.05, 0) is 44.0 Å². The monoisotopic (exact) mass is 404 g/mol. The maximum absolute atomic E-state index is 10.5. The molecule has 0 saturated carbocycles. The fourth-order valence-corrected chi connectivity index (χ4v) is 4.32. The number of halogens is 1. The second kappa shape index (κ2) is 9.75. The molecule has 0 unspecified atom stereocenters. The van der Waals surface area contributed by atoms with E-state index < -0.39 is 6.10 Å². The van der Waals surface area contributed by atoms with Crippen LogP contribution in [0.25, 0.3) is 0 Å². The molecule has 1 fully saturated rings. The Morgan fingerprint density at radius 2 is 1.54 bits per heavy atom. The highest BCUT2D eigenvalue weighted by Crippen LogP contribution is 2.24. The Kier molecular flexibility index (Phi) is 7.36. The summed E-state index contributed by atoms with van der Waals surface area (Å²) in [6.45, 7) is 12.8. The van der Waals surface area contributed by atoms with Gasteiger partial charge in [-0.3, -0.25) is 0 Å². The zero-order valence-electron chi connectivity index (χ0n) is 17.2. The van der Waals surface area contributed by atoms with E-state index in [1.54, 1.807) is 4.90 Å². The lowest BCUT2D eigenvalue weighted by molar-refractivity contribution is -1.02. The van der Waals surface area contributed by atoms with Gasteiger partial charge in [-0.1, -0.05) is 41.4 Å². The number of quaternary nitrogens is 2. The number of piperazine rings is 1. The molecule has 0 bridgehead atoms. The lowest BCUT2D eigenvalue weighted by atomic mass is 10.1. The summed E-state index contributed by atoms with van der Waals surface area (Å²) in [6, 6.07) is 12.4. The van der Waals surface area contributed by atoms with Gasteiger partial charge >= 0.3 is 0 Å². The minimum absolute atomic E-state index is 0.357. The van der Waals surface area contributed by atoms with Gasteiger partial charge in [0, 0.05) is 10.6 Å². The number of nitrogens with one attached hydrogen (secondary N) is 2. The molecule has 1 aliphatic heterocycles. The fourth-order valence-electron chi connectivity index (χ4n) is 4.20. The molecule has 28 heavy (non-hydrogen) atoms. The number of benzene rings is 2. The standard InChI is InChI=1S/C23H31ClN2O2/c1-17-12-18(2)23(19(3)13-17)28-16-22(27)15-26-10-8-25(9-11-26)14-20-4-6-21(24)7-5-20/h4-7,12-13,22,27H,8-11,14-16H2,1-3H3/p+2/t22-/m0/s1. The van der Waals surface area contributed by atoms with Gasteiger partial charge in [0.05, 0.1) is 0 Å². The zero-order valence-corrected chi connectivity index (χ0v) is 18.0. The van der Waals surface area contributed by atoms with E-state index >= 15 is 0 Å². The first-order valence-corrected chi connectivity index (χ1v) is 10.6. The van der Waals surface area contributed by atoms with Crippen LogP contribution >= 0.6 is 11.6 Å². The maximum atomic E-state index is 10.5. The Balaban J connectivity index is 1.41. The lowest BCUT2D eigenvalue weighted by Crippen LogP contribution is -3.28. The van der Waals surface area contributed by atoms with Crippen molar-refractivity contribution in [2.24, 2.45) is 0 Å². The van der Waals surface area contributed by atoms with Gasteiger partial charge < -0.3 is 19.6 Å². The van der Waals surface area contributed by atoms with Crippen molar-refractivity contribution in [2.45, 2.75) is 33.4 Å². The molecule has 0 radical (unpaired) electrons. The third-order valence-electron chi connectivity index (χ3n) is 5.58. The summed E-state index contributed by atoms with van der Waals surface area (Å²) in [6.07, 6.45) is -0.437. The van der Waals surface area contributed by atoms with Gasteiger partial charge in [-0.25, -0.2) is 0 Å². The molecule has 3 rings (SSSR count). The van der Waals surface area contributed by atoms with Gasteiger partial charge in [0.25, 0.3) is 0 Å². The van der Waals surface area contributed by atoms with E-state index in [0.29, 0.717) is 6.61 Å². The molecule has 4 nitrogen and oxygen atoms in total. The van der Waals surface area contributed by atoms with Crippen LogP contribution in [0.15, 0.2) is 36.4 Å². The van der Waals surface area contributed by atoms with Crippen molar-refractivity contribution in [2.75, 3.05) is 39.3 Å². The van der Waals surface area contributed by atoms with Crippen molar-refractivity contribution in [3.63, 3.8) is 0 Å². The third kappa shape index (κ3) is 5.95. The lowest BCUT2D eigenvalue weighted by Gasteiger charge is -2.31. The van der Waals surface area contributed by atoms with E-state index in [0.717, 1.165) is 61.2 Å². The molecule has 1 atom stereocenters. The summed E-state index contributed by atoms with van der Waals surface area (Å²) < 4.78 is 5.96. The summed E-state index contributed by atoms with van der Waals surface area (Å²) in [5, 5.41) is 11.3. The molecule has 0 amide bonds. The Morgan fingerprint density at radius 3 is 2.14 bits per heavy atom. The fraction of sp³-hybridized carbons (Fsp3) is 0.478. The number of aryl methyl sites for hydroxylation is 3. The summed E-state index contributed by atoms with van der Waals surface area (Å²) >= 11 is 5.97. The van der Waals surface area contributed by atoms with Crippen LogP contribution in [-0.2, 0) is 6.54 Å². The van der Waals surface area contributed by atoms with E-state index in [2.05, 4.69) is 45.0 Å². The second-order valence-corrected chi connectivity index (χ2v) is 8.64. The van der Waals surface area contributed by atoms with Crippen LogP contribution in [0.5, 0.6) is 5.75 Å². The molecule has 2 aromatic carbocycles. The SMILES string of the molecule is Cc1cc(C)c(OC[C@@H](O)C[NH+]2CC[NH+](Cc3ccc(Cl)cc3)CC2)c(C)c1. The topological polar surface area (TPSA) is 38.3 Å². The molecule has 0 aromatic heterocycles. The zero-order chi connectivity index (χ0) is 20.1. The predicted octanol–water partition coefficient (Wildman–Crippen LogP) is 0.989. The van der Waals surface area contributed by atoms with Crippen LogP contribution in [0, 0.1) is 20.8 Å². The highest BCUT2D eigenvalue weighted by atomic mass is 35.5. The van der Waals surface area contributed by atoms with Gasteiger partial charge in [0.1, 0.15) is 57.7 Å². The average molecular weight is 405 g/mol. The van der Waals surface area contributed by atoms with Crippen molar-refractivity contribution in [1.29, 1.82) is 0 Å². The summed E-state index contributed by atoms with van der Waals surface area (Å²) in [5.41, 5.74) is 4.85. The van der Waals surface area contributed by atoms with Crippen molar-refractivity contribution in [1.82, 2.24) is 0 Å². The summed E-state index contributed by atoms with van der Waals surface area (Å²) in [4.78, 5) is 3.07. The molecule has 152 valence electrons. The first-order valence-electron chi connectivity index (χ1n) is 10.2. The molecule has 0 spiro atoms. The van der Waals surface area contributed by atoms with Crippen LogP contribution in [0.3, 0.4) is 0 Å². The molecule has 1 heterocycles. The highest BCUT2D eigenvalue weighted by Gasteiger charge is 2.25. The van der Waals surface area contributed by atoms with E-state index in [1.165, 1.54) is 16.0 Å². The minimum atomic E-state index is -0.437. The predicted molar refractivity (Wildman–Crippen MR) is 114 cm³/mol. The minimum Gasteiger partial charge on any atom is -0.490 e. The second-order valence-electron chi connectivity index (χ2n) is 8.20. The number of aliphatic hydroxyl groups is 1. The van der Waals surface area contributed by atoms with Crippen molar-refractivity contribution in [3.8, 4) is 5.75 Å². The van der Waals surface area contributed by atoms with Crippen LogP contribution < -0.4 is 14.5 Å². The molecular formula is C23H33ClN2O2+2. The average Bonchev–Trinajstić information content (AvgIpc) is 2.64. The van der Waals surface area contributed by atoms with Crippen LogP contribution in [-0.4, -0.2) is 50.5 Å². The number of rotatable bonds is 7.